The van der Waals surface area contributed by atoms with Crippen LogP contribution in [0, 0.1) is 5.82 Å². The summed E-state index contributed by atoms with van der Waals surface area (Å²) in [7, 11) is 0. The predicted octanol–water partition coefficient (Wildman–Crippen LogP) is 3.08. The van der Waals surface area contributed by atoms with Gasteiger partial charge in [0.1, 0.15) is 5.82 Å². The van der Waals surface area contributed by atoms with Crippen LogP contribution in [0.3, 0.4) is 0 Å². The smallest absolute Gasteiger partial charge is 0.413 e. The van der Waals surface area contributed by atoms with Crippen LogP contribution in [-0.4, -0.2) is 60.0 Å². The van der Waals surface area contributed by atoms with E-state index in [0.29, 0.717) is 13.1 Å². The first kappa shape index (κ1) is 23.8. The van der Waals surface area contributed by atoms with E-state index in [1.807, 2.05) is 11.8 Å². The normalized spacial score (nSPS) is 14.4. The summed E-state index contributed by atoms with van der Waals surface area (Å²) in [6.07, 6.45) is 4.44. The molecular formula is C22H32FN3O4. The average molecular weight is 422 g/mol. The molecule has 1 fully saturated rings. The van der Waals surface area contributed by atoms with Gasteiger partial charge in [-0.1, -0.05) is 38.3 Å². The Kier molecular flexibility index (Phi) is 9.73. The molecule has 0 unspecified atom stereocenters. The largest absolute Gasteiger partial charge is 0.450 e. The minimum atomic E-state index is -0.787. The number of benzene rings is 1. The van der Waals surface area contributed by atoms with Gasteiger partial charge in [0, 0.05) is 12.6 Å². The summed E-state index contributed by atoms with van der Waals surface area (Å²) in [5.74, 6) is -0.887. The Labute approximate surface area is 177 Å². The van der Waals surface area contributed by atoms with Gasteiger partial charge in [-0.25, -0.2) is 9.18 Å². The fourth-order valence-corrected chi connectivity index (χ4v) is 3.69. The third-order valence-corrected chi connectivity index (χ3v) is 5.29. The molecule has 2 rings (SSSR count). The van der Waals surface area contributed by atoms with Crippen LogP contribution < -0.4 is 5.32 Å². The average Bonchev–Trinajstić information content (AvgIpc) is 2.73. The second kappa shape index (κ2) is 12.3. The molecule has 1 aromatic carbocycles. The molecule has 1 aliphatic carbocycles. The number of alkyl carbamates (subject to hydrolysis) is 1. The molecule has 30 heavy (non-hydrogen) atoms. The summed E-state index contributed by atoms with van der Waals surface area (Å²) < 4.78 is 18.0. The molecule has 1 aliphatic rings. The molecule has 1 aromatic rings. The van der Waals surface area contributed by atoms with E-state index >= 15 is 0 Å². The number of halogens is 1. The number of nitrogens with one attached hydrogen (secondary N) is 1. The van der Waals surface area contributed by atoms with E-state index in [0.717, 1.165) is 31.2 Å². The summed E-state index contributed by atoms with van der Waals surface area (Å²) in [6, 6.07) is 6.34. The SMILES string of the molecule is CCOC(=O)NC(=O)CN(CC)CC(=O)N(Cc1ccc(F)cc1)C1CCCCC1. The van der Waals surface area contributed by atoms with Gasteiger partial charge in [0.15, 0.2) is 0 Å². The Morgan fingerprint density at radius 1 is 1.07 bits per heavy atom. The zero-order valence-electron chi connectivity index (χ0n) is 17.9. The first-order chi connectivity index (χ1) is 14.4. The fraction of sp³-hybridized carbons (Fsp3) is 0.591. The summed E-state index contributed by atoms with van der Waals surface area (Å²) in [5.41, 5.74) is 0.874. The number of hydrogen-bond acceptors (Lipinski definition) is 5. The first-order valence-corrected chi connectivity index (χ1v) is 10.7. The zero-order chi connectivity index (χ0) is 21.9. The van der Waals surface area contributed by atoms with Crippen LogP contribution in [0.1, 0.15) is 51.5 Å². The van der Waals surface area contributed by atoms with Gasteiger partial charge in [-0.2, -0.15) is 0 Å². The first-order valence-electron chi connectivity index (χ1n) is 10.7. The van der Waals surface area contributed by atoms with E-state index in [1.165, 1.54) is 18.6 Å². The molecule has 7 nitrogen and oxygen atoms in total. The third-order valence-electron chi connectivity index (χ3n) is 5.29. The number of rotatable bonds is 9. The van der Waals surface area contributed by atoms with E-state index in [9.17, 15) is 18.8 Å². The van der Waals surface area contributed by atoms with Gasteiger partial charge in [0.25, 0.3) is 0 Å². The molecule has 0 radical (unpaired) electrons. The lowest BCUT2D eigenvalue weighted by Crippen LogP contribution is -2.48. The van der Waals surface area contributed by atoms with Gasteiger partial charge in [-0.15, -0.1) is 0 Å². The summed E-state index contributed by atoms with van der Waals surface area (Å²) in [6.45, 7) is 4.58. The van der Waals surface area contributed by atoms with Crippen LogP contribution in [0.5, 0.6) is 0 Å². The second-order valence-electron chi connectivity index (χ2n) is 7.51. The predicted molar refractivity (Wildman–Crippen MR) is 111 cm³/mol. The van der Waals surface area contributed by atoms with Gasteiger partial charge < -0.3 is 9.64 Å². The lowest BCUT2D eigenvalue weighted by atomic mass is 9.93. The number of amides is 3. The molecule has 0 atom stereocenters. The van der Waals surface area contributed by atoms with Crippen molar-refractivity contribution in [2.24, 2.45) is 0 Å². The number of likely N-dealkylation sites (N-methyl/N-ethyl adjacent to an activating group) is 1. The number of carbonyl (C=O) groups excluding carboxylic acids is 3. The highest BCUT2D eigenvalue weighted by molar-refractivity contribution is 5.93. The highest BCUT2D eigenvalue weighted by atomic mass is 19.1. The van der Waals surface area contributed by atoms with Crippen molar-refractivity contribution in [1.29, 1.82) is 0 Å². The third kappa shape index (κ3) is 7.74. The van der Waals surface area contributed by atoms with Gasteiger partial charge in [-0.05, 0) is 44.0 Å². The molecular weight excluding hydrogens is 389 g/mol. The topological polar surface area (TPSA) is 79.0 Å². The van der Waals surface area contributed by atoms with Crippen LogP contribution in [0.15, 0.2) is 24.3 Å². The van der Waals surface area contributed by atoms with Crippen molar-refractivity contribution in [1.82, 2.24) is 15.1 Å². The van der Waals surface area contributed by atoms with Crippen molar-refractivity contribution in [3.8, 4) is 0 Å². The lowest BCUT2D eigenvalue weighted by molar-refractivity contribution is -0.136. The Morgan fingerprint density at radius 3 is 2.33 bits per heavy atom. The minimum Gasteiger partial charge on any atom is -0.450 e. The minimum absolute atomic E-state index is 0.0722. The van der Waals surface area contributed by atoms with Gasteiger partial charge in [0.2, 0.25) is 11.8 Å². The maximum atomic E-state index is 13.3. The van der Waals surface area contributed by atoms with Crippen LogP contribution >= 0.6 is 0 Å². The van der Waals surface area contributed by atoms with Crippen LogP contribution in [-0.2, 0) is 20.9 Å². The highest BCUT2D eigenvalue weighted by Crippen LogP contribution is 2.24. The van der Waals surface area contributed by atoms with E-state index in [1.54, 1.807) is 24.0 Å². The number of imide groups is 1. The molecule has 0 aliphatic heterocycles. The van der Waals surface area contributed by atoms with Gasteiger partial charge >= 0.3 is 6.09 Å². The van der Waals surface area contributed by atoms with Crippen molar-refractivity contribution in [3.05, 3.63) is 35.6 Å². The molecule has 3 amide bonds. The summed E-state index contributed by atoms with van der Waals surface area (Å²) in [5, 5.41) is 2.15. The quantitative estimate of drug-likeness (QED) is 0.663. The van der Waals surface area contributed by atoms with E-state index < -0.39 is 12.0 Å². The number of carbonyl (C=O) groups is 3. The van der Waals surface area contributed by atoms with E-state index in [4.69, 9.17) is 4.74 Å². The molecule has 0 aromatic heterocycles. The molecule has 166 valence electrons. The number of nitrogens with zero attached hydrogens (tertiary/aromatic N) is 2. The van der Waals surface area contributed by atoms with Crippen molar-refractivity contribution in [3.63, 3.8) is 0 Å². The van der Waals surface area contributed by atoms with Crippen LogP contribution in [0.25, 0.3) is 0 Å². The summed E-state index contributed by atoms with van der Waals surface area (Å²) in [4.78, 5) is 40.2. The maximum Gasteiger partial charge on any atom is 0.413 e. The molecule has 0 heterocycles. The molecule has 0 spiro atoms. The highest BCUT2D eigenvalue weighted by Gasteiger charge is 2.27. The van der Waals surface area contributed by atoms with Crippen molar-refractivity contribution in [2.45, 2.75) is 58.5 Å². The van der Waals surface area contributed by atoms with Gasteiger partial charge in [-0.3, -0.25) is 19.8 Å². The molecule has 1 saturated carbocycles. The maximum absolute atomic E-state index is 13.3. The summed E-state index contributed by atoms with van der Waals surface area (Å²) >= 11 is 0. The van der Waals surface area contributed by atoms with Gasteiger partial charge in [0.05, 0.1) is 19.7 Å². The molecule has 0 saturated heterocycles. The Morgan fingerprint density at radius 2 is 1.73 bits per heavy atom. The Balaban J connectivity index is 2.02. The Bertz CT molecular complexity index is 705. The standard InChI is InChI=1S/C22H32FN3O4/c1-3-25(15-20(27)24-22(29)30-4-2)16-21(28)26(19-8-6-5-7-9-19)14-17-10-12-18(23)13-11-17/h10-13,19H,3-9,14-16H2,1-2H3,(H,24,27,29). The van der Waals surface area contributed by atoms with Crippen molar-refractivity contribution in [2.75, 3.05) is 26.2 Å². The molecule has 1 N–H and O–H groups in total. The number of ether oxygens (including phenoxy) is 1. The van der Waals surface area contributed by atoms with Crippen LogP contribution in [0.4, 0.5) is 9.18 Å². The van der Waals surface area contributed by atoms with E-state index in [-0.39, 0.29) is 37.5 Å². The second-order valence-corrected chi connectivity index (χ2v) is 7.51. The van der Waals surface area contributed by atoms with Crippen molar-refractivity contribution < 1.29 is 23.5 Å². The zero-order valence-corrected chi connectivity index (χ0v) is 17.9. The molecule has 0 bridgehead atoms. The lowest BCUT2D eigenvalue weighted by Gasteiger charge is -2.36. The van der Waals surface area contributed by atoms with E-state index in [2.05, 4.69) is 5.32 Å². The van der Waals surface area contributed by atoms with Crippen LogP contribution in [0.2, 0.25) is 0 Å². The monoisotopic (exact) mass is 421 g/mol. The fourth-order valence-electron chi connectivity index (χ4n) is 3.69. The number of hydrogen-bond donors (Lipinski definition) is 1. The molecule has 8 heteroatoms. The Hall–Kier alpha value is -2.48. The van der Waals surface area contributed by atoms with Crippen molar-refractivity contribution >= 4 is 17.9 Å².